The predicted molar refractivity (Wildman–Crippen MR) is 120 cm³/mol. The molecule has 0 atom stereocenters. The molecule has 33 heavy (non-hydrogen) atoms. The molecule has 1 heterocycles. The molecule has 0 spiro atoms. The summed E-state index contributed by atoms with van der Waals surface area (Å²) in [5, 5.41) is 7.83. The molecule has 0 saturated carbocycles. The molecule has 0 fully saturated rings. The molecule has 1 aromatic heterocycles. The Hall–Kier alpha value is -4.33. The van der Waals surface area contributed by atoms with Crippen molar-refractivity contribution in [1.82, 2.24) is 15.1 Å². The molecule has 1 amide bonds. The van der Waals surface area contributed by atoms with Gasteiger partial charge in [-0.3, -0.25) is 9.59 Å². The van der Waals surface area contributed by atoms with E-state index >= 15 is 0 Å². The van der Waals surface area contributed by atoms with Gasteiger partial charge in [-0.25, -0.2) is 9.18 Å². The number of rotatable bonds is 5. The van der Waals surface area contributed by atoms with Crippen molar-refractivity contribution < 1.29 is 23.5 Å². The summed E-state index contributed by atoms with van der Waals surface area (Å²) in [5.74, 6) is -1.40. The molecule has 7 nitrogen and oxygen atoms in total. The summed E-state index contributed by atoms with van der Waals surface area (Å²) in [6.07, 6.45) is 0. The largest absolute Gasteiger partial charge is 0.465 e. The van der Waals surface area contributed by atoms with Crippen molar-refractivity contribution in [1.29, 1.82) is 0 Å². The molecule has 0 radical (unpaired) electrons. The van der Waals surface area contributed by atoms with Gasteiger partial charge in [-0.1, -0.05) is 12.1 Å². The maximum absolute atomic E-state index is 13.4. The van der Waals surface area contributed by atoms with E-state index in [1.165, 1.54) is 30.8 Å². The molecule has 0 aliphatic rings. The molecule has 166 valence electrons. The fourth-order valence-electron chi connectivity index (χ4n) is 3.48. The number of benzene rings is 3. The highest BCUT2D eigenvalue weighted by molar-refractivity contribution is 6.04. The van der Waals surface area contributed by atoms with Crippen molar-refractivity contribution in [2.45, 2.75) is 13.5 Å². The van der Waals surface area contributed by atoms with Crippen LogP contribution in [0.2, 0.25) is 0 Å². The minimum absolute atomic E-state index is 0.260. The fraction of sp³-hybridized carbons (Fsp3) is 0.120. The van der Waals surface area contributed by atoms with E-state index in [1.54, 1.807) is 54.6 Å². The number of nitrogens with zero attached hydrogens (tertiary/aromatic N) is 2. The molecule has 4 rings (SSSR count). The van der Waals surface area contributed by atoms with Crippen LogP contribution in [0.1, 0.15) is 38.0 Å². The molecule has 0 unspecified atom stereocenters. The van der Waals surface area contributed by atoms with Crippen LogP contribution in [0.3, 0.4) is 0 Å². The molecule has 4 aromatic rings. The van der Waals surface area contributed by atoms with E-state index in [0.717, 1.165) is 5.56 Å². The van der Waals surface area contributed by atoms with Crippen LogP contribution >= 0.6 is 0 Å². The molecular formula is C25H20FN3O4. The zero-order valence-corrected chi connectivity index (χ0v) is 18.0. The molecule has 0 aliphatic heterocycles. The Morgan fingerprint density at radius 3 is 2.27 bits per heavy atom. The molecule has 3 aromatic carbocycles. The standard InChI is InChI=1S/C25H20FN3O4/c1-15(30)29-22-12-9-19(13-21(22)23(28-29)17-7-10-20(26)11-8-17)24(31)27-14-16-3-5-18(6-4-16)25(32)33-2/h3-13H,14H2,1-2H3,(H,27,31). The van der Waals surface area contributed by atoms with E-state index in [-0.39, 0.29) is 24.2 Å². The van der Waals surface area contributed by atoms with Gasteiger partial charge < -0.3 is 10.1 Å². The number of nitrogens with one attached hydrogen (secondary N) is 1. The average molecular weight is 445 g/mol. The number of halogens is 1. The van der Waals surface area contributed by atoms with Crippen LogP contribution in [0, 0.1) is 5.82 Å². The number of aromatic nitrogens is 2. The van der Waals surface area contributed by atoms with Gasteiger partial charge in [0.05, 0.1) is 18.2 Å². The molecule has 1 N–H and O–H groups in total. The van der Waals surface area contributed by atoms with E-state index in [4.69, 9.17) is 0 Å². The van der Waals surface area contributed by atoms with Crippen LogP contribution in [0.25, 0.3) is 22.2 Å². The van der Waals surface area contributed by atoms with Crippen LogP contribution in [0.4, 0.5) is 4.39 Å². The monoisotopic (exact) mass is 445 g/mol. The van der Waals surface area contributed by atoms with Gasteiger partial charge >= 0.3 is 5.97 Å². The highest BCUT2D eigenvalue weighted by atomic mass is 19.1. The first kappa shape index (κ1) is 21.9. The molecule has 0 aliphatic carbocycles. The second-order valence-corrected chi connectivity index (χ2v) is 7.39. The van der Waals surface area contributed by atoms with E-state index < -0.39 is 5.97 Å². The summed E-state index contributed by atoms with van der Waals surface area (Å²) in [4.78, 5) is 36.4. The first-order valence-corrected chi connectivity index (χ1v) is 10.1. The number of hydrogen-bond acceptors (Lipinski definition) is 5. The lowest BCUT2D eigenvalue weighted by molar-refractivity contribution is 0.0600. The Morgan fingerprint density at radius 2 is 1.64 bits per heavy atom. The SMILES string of the molecule is COC(=O)c1ccc(CNC(=O)c2ccc3c(c2)c(-c2ccc(F)cc2)nn3C(C)=O)cc1. The minimum Gasteiger partial charge on any atom is -0.465 e. The topological polar surface area (TPSA) is 90.3 Å². The van der Waals surface area contributed by atoms with E-state index in [0.29, 0.717) is 33.3 Å². The number of amides is 1. The van der Waals surface area contributed by atoms with Crippen LogP contribution in [-0.2, 0) is 11.3 Å². The van der Waals surface area contributed by atoms with Crippen LogP contribution < -0.4 is 5.32 Å². The number of hydrogen-bond donors (Lipinski definition) is 1. The first-order valence-electron chi connectivity index (χ1n) is 10.1. The van der Waals surface area contributed by atoms with Crippen LogP contribution in [0.5, 0.6) is 0 Å². The van der Waals surface area contributed by atoms with Gasteiger partial charge in [0.1, 0.15) is 11.5 Å². The van der Waals surface area contributed by atoms with Gasteiger partial charge in [-0.2, -0.15) is 9.78 Å². The van der Waals surface area contributed by atoms with Gasteiger partial charge in [-0.05, 0) is 60.2 Å². The lowest BCUT2D eigenvalue weighted by Crippen LogP contribution is -2.22. The first-order chi connectivity index (χ1) is 15.9. The Labute approximate surface area is 188 Å². The number of methoxy groups -OCH3 is 1. The zero-order chi connectivity index (χ0) is 23.5. The molecule has 0 bridgehead atoms. The van der Waals surface area contributed by atoms with E-state index in [2.05, 4.69) is 15.2 Å². The highest BCUT2D eigenvalue weighted by Gasteiger charge is 2.17. The number of carbonyl (C=O) groups is 3. The van der Waals surface area contributed by atoms with E-state index in [9.17, 15) is 18.8 Å². The minimum atomic E-state index is -0.429. The van der Waals surface area contributed by atoms with Gasteiger partial charge in [0.15, 0.2) is 0 Å². The Morgan fingerprint density at radius 1 is 0.970 bits per heavy atom. The Bertz CT molecular complexity index is 1360. The number of fused-ring (bicyclic) bond motifs is 1. The van der Waals surface area contributed by atoms with Crippen molar-refractivity contribution in [2.24, 2.45) is 0 Å². The Kier molecular flexibility index (Phi) is 5.99. The molecule has 0 saturated heterocycles. The second-order valence-electron chi connectivity index (χ2n) is 7.39. The van der Waals surface area contributed by atoms with Crippen molar-refractivity contribution in [3.8, 4) is 11.3 Å². The van der Waals surface area contributed by atoms with Crippen molar-refractivity contribution >= 4 is 28.7 Å². The van der Waals surface area contributed by atoms with Gasteiger partial charge in [0.25, 0.3) is 5.91 Å². The van der Waals surface area contributed by atoms with Gasteiger partial charge in [0, 0.05) is 30.0 Å². The van der Waals surface area contributed by atoms with Crippen molar-refractivity contribution in [3.05, 3.63) is 89.2 Å². The molecule has 8 heteroatoms. The summed E-state index contributed by atoms with van der Waals surface area (Å²) >= 11 is 0. The molecular weight excluding hydrogens is 425 g/mol. The lowest BCUT2D eigenvalue weighted by atomic mass is 10.0. The third kappa shape index (κ3) is 4.50. The van der Waals surface area contributed by atoms with Crippen LogP contribution in [0.15, 0.2) is 66.7 Å². The zero-order valence-electron chi connectivity index (χ0n) is 18.0. The summed E-state index contributed by atoms with van der Waals surface area (Å²) < 4.78 is 19.3. The second kappa shape index (κ2) is 9.04. The average Bonchev–Trinajstić information content (AvgIpc) is 3.22. The number of ether oxygens (including phenoxy) is 1. The number of esters is 1. The van der Waals surface area contributed by atoms with Crippen molar-refractivity contribution in [2.75, 3.05) is 7.11 Å². The lowest BCUT2D eigenvalue weighted by Gasteiger charge is -2.07. The maximum Gasteiger partial charge on any atom is 0.337 e. The third-order valence-corrected chi connectivity index (χ3v) is 5.19. The fourth-order valence-corrected chi connectivity index (χ4v) is 3.48. The van der Waals surface area contributed by atoms with E-state index in [1.807, 2.05) is 0 Å². The van der Waals surface area contributed by atoms with Crippen LogP contribution in [-0.4, -0.2) is 34.7 Å². The third-order valence-electron chi connectivity index (χ3n) is 5.19. The van der Waals surface area contributed by atoms with Crippen molar-refractivity contribution in [3.63, 3.8) is 0 Å². The predicted octanol–water partition coefficient (Wildman–Crippen LogP) is 4.22. The summed E-state index contributed by atoms with van der Waals surface area (Å²) in [6.45, 7) is 1.66. The smallest absolute Gasteiger partial charge is 0.337 e. The van der Waals surface area contributed by atoms with Gasteiger partial charge in [0.2, 0.25) is 5.91 Å². The normalized spacial score (nSPS) is 10.8. The summed E-state index contributed by atoms with van der Waals surface area (Å²) in [7, 11) is 1.31. The Balaban J connectivity index is 1.60. The maximum atomic E-state index is 13.4. The summed E-state index contributed by atoms with van der Waals surface area (Å²) in [6, 6.07) is 17.5. The highest BCUT2D eigenvalue weighted by Crippen LogP contribution is 2.29. The summed E-state index contributed by atoms with van der Waals surface area (Å²) in [5.41, 5.74) is 3.29. The number of carbonyl (C=O) groups excluding carboxylic acids is 3. The quantitative estimate of drug-likeness (QED) is 0.465. The van der Waals surface area contributed by atoms with Gasteiger partial charge in [-0.15, -0.1) is 0 Å².